The highest BCUT2D eigenvalue weighted by molar-refractivity contribution is 6.33. The van der Waals surface area contributed by atoms with Crippen molar-refractivity contribution in [2.75, 3.05) is 0 Å². The van der Waals surface area contributed by atoms with Crippen LogP contribution in [0.4, 0.5) is 0 Å². The molecule has 1 atom stereocenters. The molecule has 3 rings (SSSR count). The number of aryl methyl sites for hydroxylation is 1. The molecule has 0 aliphatic carbocycles. The summed E-state index contributed by atoms with van der Waals surface area (Å²) in [5.74, 6) is 0.164. The first-order valence-electron chi connectivity index (χ1n) is 7.51. The predicted octanol–water partition coefficient (Wildman–Crippen LogP) is 4.19. The van der Waals surface area contributed by atoms with Crippen LogP contribution in [0, 0.1) is 6.92 Å². The van der Waals surface area contributed by atoms with Crippen LogP contribution >= 0.6 is 11.6 Å². The molecule has 3 aromatic rings. The molecule has 6 heteroatoms. The summed E-state index contributed by atoms with van der Waals surface area (Å²) < 4.78 is 5.23. The van der Waals surface area contributed by atoms with E-state index in [9.17, 15) is 4.79 Å². The van der Waals surface area contributed by atoms with Gasteiger partial charge in [0.2, 0.25) is 0 Å². The second kappa shape index (κ2) is 6.84. The molecule has 2 heterocycles. The van der Waals surface area contributed by atoms with Gasteiger partial charge in [0.05, 0.1) is 16.8 Å². The predicted molar refractivity (Wildman–Crippen MR) is 91.8 cm³/mol. The molecule has 0 saturated carbocycles. The van der Waals surface area contributed by atoms with E-state index >= 15 is 0 Å². The highest BCUT2D eigenvalue weighted by Crippen LogP contribution is 2.31. The summed E-state index contributed by atoms with van der Waals surface area (Å²) in [5.41, 5.74) is 2.25. The van der Waals surface area contributed by atoms with Crippen molar-refractivity contribution < 1.29 is 9.32 Å². The van der Waals surface area contributed by atoms with Crippen molar-refractivity contribution in [3.63, 3.8) is 0 Å². The highest BCUT2D eigenvalue weighted by Gasteiger charge is 2.24. The smallest absolute Gasteiger partial charge is 0.257 e. The fourth-order valence-corrected chi connectivity index (χ4v) is 2.68. The summed E-state index contributed by atoms with van der Waals surface area (Å²) in [5, 5.41) is 7.45. The normalized spacial score (nSPS) is 12.0. The molecular weight excluding hydrogens is 326 g/mol. The minimum absolute atomic E-state index is 0.243. The van der Waals surface area contributed by atoms with Crippen LogP contribution in [-0.4, -0.2) is 16.0 Å². The maximum absolute atomic E-state index is 12.7. The van der Waals surface area contributed by atoms with Gasteiger partial charge in [-0.15, -0.1) is 0 Å². The van der Waals surface area contributed by atoms with Gasteiger partial charge < -0.3 is 9.84 Å². The standard InChI is InChI=1S/C18H16ClN3O2/c1-11(15-9-5-6-10-20-15)21-18(23)16-12(2)24-22-17(16)13-7-3-4-8-14(13)19/h3-11H,1-2H3,(H,21,23). The third kappa shape index (κ3) is 3.16. The average Bonchev–Trinajstić information content (AvgIpc) is 2.97. The van der Waals surface area contributed by atoms with Gasteiger partial charge in [0.25, 0.3) is 5.91 Å². The minimum atomic E-state index is -0.276. The monoisotopic (exact) mass is 341 g/mol. The third-order valence-electron chi connectivity index (χ3n) is 3.70. The fourth-order valence-electron chi connectivity index (χ4n) is 2.45. The number of amides is 1. The Balaban J connectivity index is 1.91. The van der Waals surface area contributed by atoms with E-state index in [-0.39, 0.29) is 11.9 Å². The fraction of sp³-hybridized carbons (Fsp3) is 0.167. The molecule has 0 bridgehead atoms. The zero-order valence-electron chi connectivity index (χ0n) is 13.3. The summed E-state index contributed by atoms with van der Waals surface area (Å²) >= 11 is 6.22. The van der Waals surface area contributed by atoms with E-state index in [1.807, 2.05) is 37.3 Å². The Hall–Kier alpha value is -2.66. The topological polar surface area (TPSA) is 68.0 Å². The van der Waals surface area contributed by atoms with Gasteiger partial charge in [0.1, 0.15) is 17.0 Å². The van der Waals surface area contributed by atoms with E-state index in [4.69, 9.17) is 16.1 Å². The first-order valence-corrected chi connectivity index (χ1v) is 7.88. The Morgan fingerprint density at radius 3 is 2.67 bits per heavy atom. The zero-order chi connectivity index (χ0) is 17.1. The van der Waals surface area contributed by atoms with E-state index in [2.05, 4.69) is 15.5 Å². The van der Waals surface area contributed by atoms with Crippen LogP contribution in [-0.2, 0) is 0 Å². The number of carbonyl (C=O) groups is 1. The van der Waals surface area contributed by atoms with E-state index in [1.54, 1.807) is 25.3 Å². The van der Waals surface area contributed by atoms with Crippen molar-refractivity contribution in [1.82, 2.24) is 15.5 Å². The van der Waals surface area contributed by atoms with Crippen LogP contribution < -0.4 is 5.32 Å². The second-order valence-corrected chi connectivity index (χ2v) is 5.80. The van der Waals surface area contributed by atoms with E-state index < -0.39 is 0 Å². The van der Waals surface area contributed by atoms with Crippen LogP contribution in [0.2, 0.25) is 5.02 Å². The Bertz CT molecular complexity index is 862. The number of benzene rings is 1. The van der Waals surface area contributed by atoms with Crippen molar-refractivity contribution in [3.05, 3.63) is 70.7 Å². The number of pyridine rings is 1. The van der Waals surface area contributed by atoms with Crippen LogP contribution in [0.5, 0.6) is 0 Å². The summed E-state index contributed by atoms with van der Waals surface area (Å²) in [4.78, 5) is 17.0. The maximum atomic E-state index is 12.7. The van der Waals surface area contributed by atoms with Crippen LogP contribution in [0.15, 0.2) is 53.2 Å². The number of hydrogen-bond donors (Lipinski definition) is 1. The molecule has 0 radical (unpaired) electrons. The van der Waals surface area contributed by atoms with Crippen molar-refractivity contribution in [2.24, 2.45) is 0 Å². The first kappa shape index (κ1) is 16.2. The lowest BCUT2D eigenvalue weighted by atomic mass is 10.0. The molecule has 0 fully saturated rings. The molecular formula is C18H16ClN3O2. The number of hydrogen-bond acceptors (Lipinski definition) is 4. The molecule has 5 nitrogen and oxygen atoms in total. The van der Waals surface area contributed by atoms with Crippen LogP contribution in [0.25, 0.3) is 11.3 Å². The highest BCUT2D eigenvalue weighted by atomic mass is 35.5. The second-order valence-electron chi connectivity index (χ2n) is 5.39. The van der Waals surface area contributed by atoms with Gasteiger partial charge in [0.15, 0.2) is 0 Å². The quantitative estimate of drug-likeness (QED) is 0.772. The molecule has 1 aromatic carbocycles. The number of nitrogens with one attached hydrogen (secondary N) is 1. The number of carbonyl (C=O) groups excluding carboxylic acids is 1. The zero-order valence-corrected chi connectivity index (χ0v) is 14.0. The molecule has 0 spiro atoms. The van der Waals surface area contributed by atoms with Crippen LogP contribution in [0.1, 0.15) is 34.8 Å². The maximum Gasteiger partial charge on any atom is 0.257 e. The van der Waals surface area contributed by atoms with Crippen molar-refractivity contribution >= 4 is 17.5 Å². The van der Waals surface area contributed by atoms with Gasteiger partial charge in [-0.3, -0.25) is 9.78 Å². The van der Waals surface area contributed by atoms with Gasteiger partial charge in [0, 0.05) is 11.8 Å². The van der Waals surface area contributed by atoms with E-state index in [0.717, 1.165) is 5.69 Å². The molecule has 2 aromatic heterocycles. The third-order valence-corrected chi connectivity index (χ3v) is 4.03. The minimum Gasteiger partial charge on any atom is -0.360 e. The number of nitrogens with zero attached hydrogens (tertiary/aromatic N) is 2. The number of aromatic nitrogens is 2. The molecule has 1 amide bonds. The summed E-state index contributed by atoms with van der Waals surface area (Å²) in [6, 6.07) is 12.5. The van der Waals surface area contributed by atoms with Crippen molar-refractivity contribution in [2.45, 2.75) is 19.9 Å². The van der Waals surface area contributed by atoms with Gasteiger partial charge >= 0.3 is 0 Å². The van der Waals surface area contributed by atoms with E-state index in [0.29, 0.717) is 27.6 Å². The molecule has 0 aliphatic rings. The van der Waals surface area contributed by atoms with Gasteiger partial charge in [-0.25, -0.2) is 0 Å². The SMILES string of the molecule is Cc1onc(-c2ccccc2Cl)c1C(=O)NC(C)c1ccccn1. The molecule has 24 heavy (non-hydrogen) atoms. The lowest BCUT2D eigenvalue weighted by Crippen LogP contribution is -2.27. The Morgan fingerprint density at radius 1 is 1.21 bits per heavy atom. The molecule has 1 unspecified atom stereocenters. The largest absolute Gasteiger partial charge is 0.360 e. The first-order chi connectivity index (χ1) is 11.6. The Morgan fingerprint density at radius 2 is 1.96 bits per heavy atom. The molecule has 122 valence electrons. The van der Waals surface area contributed by atoms with Crippen LogP contribution in [0.3, 0.4) is 0 Å². The van der Waals surface area contributed by atoms with Gasteiger partial charge in [-0.05, 0) is 32.0 Å². The van der Waals surface area contributed by atoms with Gasteiger partial charge in [-0.2, -0.15) is 0 Å². The van der Waals surface area contributed by atoms with E-state index in [1.165, 1.54) is 0 Å². The summed E-state index contributed by atoms with van der Waals surface area (Å²) in [7, 11) is 0. The summed E-state index contributed by atoms with van der Waals surface area (Å²) in [6.07, 6.45) is 1.69. The summed E-state index contributed by atoms with van der Waals surface area (Å²) in [6.45, 7) is 3.58. The number of rotatable bonds is 4. The van der Waals surface area contributed by atoms with Crippen molar-refractivity contribution in [1.29, 1.82) is 0 Å². The Kier molecular flexibility index (Phi) is 4.62. The average molecular weight is 342 g/mol. The molecule has 1 N–H and O–H groups in total. The molecule has 0 aliphatic heterocycles. The number of halogens is 1. The van der Waals surface area contributed by atoms with Crippen molar-refractivity contribution in [3.8, 4) is 11.3 Å². The molecule has 0 saturated heterocycles. The van der Waals surface area contributed by atoms with Gasteiger partial charge in [-0.1, -0.05) is 41.0 Å². The Labute approximate surface area is 144 Å². The lowest BCUT2D eigenvalue weighted by Gasteiger charge is -2.13. The lowest BCUT2D eigenvalue weighted by molar-refractivity contribution is 0.0938.